The lowest BCUT2D eigenvalue weighted by Gasteiger charge is -2.19. The van der Waals surface area contributed by atoms with E-state index in [9.17, 15) is 4.39 Å². The third-order valence-electron chi connectivity index (χ3n) is 2.92. The van der Waals surface area contributed by atoms with E-state index in [2.05, 4.69) is 15.9 Å². The van der Waals surface area contributed by atoms with Crippen LogP contribution in [0.25, 0.3) is 0 Å². The lowest BCUT2D eigenvalue weighted by atomic mass is 10.1. The molecule has 112 valence electrons. The van der Waals surface area contributed by atoms with Crippen molar-refractivity contribution in [1.82, 2.24) is 0 Å². The molecule has 0 amide bonds. The highest BCUT2D eigenvalue weighted by atomic mass is 79.9. The lowest BCUT2D eigenvalue weighted by molar-refractivity contribution is 0.211. The van der Waals surface area contributed by atoms with E-state index in [1.807, 2.05) is 24.3 Å². The van der Waals surface area contributed by atoms with Gasteiger partial charge in [-0.2, -0.15) is 0 Å². The molecular weight excluding hydrogens is 361 g/mol. The maximum atomic E-state index is 13.6. The van der Waals surface area contributed by atoms with E-state index in [-0.39, 0.29) is 11.6 Å². The molecule has 2 aromatic rings. The molecule has 0 aliphatic heterocycles. The third kappa shape index (κ3) is 3.87. The molecule has 0 spiro atoms. The Balaban J connectivity index is 2.28. The van der Waals surface area contributed by atoms with Gasteiger partial charge in [0.15, 0.2) is 0 Å². The first kappa shape index (κ1) is 16.1. The summed E-state index contributed by atoms with van der Waals surface area (Å²) < 4.78 is 25.1. The molecule has 0 radical (unpaired) electrons. The smallest absolute Gasteiger partial charge is 0.145 e. The minimum absolute atomic E-state index is 0.0277. The van der Waals surface area contributed by atoms with Crippen LogP contribution in [0.2, 0.25) is 5.02 Å². The van der Waals surface area contributed by atoms with Gasteiger partial charge in [0.2, 0.25) is 0 Å². The van der Waals surface area contributed by atoms with E-state index in [4.69, 9.17) is 26.8 Å². The number of benzene rings is 2. The average Bonchev–Trinajstić information content (AvgIpc) is 2.49. The molecular formula is C15H14BrClFNO2. The van der Waals surface area contributed by atoms with Crippen molar-refractivity contribution >= 4 is 27.5 Å². The minimum atomic E-state index is -0.545. The highest BCUT2D eigenvalue weighted by molar-refractivity contribution is 9.10. The van der Waals surface area contributed by atoms with Gasteiger partial charge in [0.05, 0.1) is 16.6 Å². The lowest BCUT2D eigenvalue weighted by Crippen LogP contribution is -2.18. The largest absolute Gasteiger partial charge is 0.497 e. The maximum Gasteiger partial charge on any atom is 0.145 e. The van der Waals surface area contributed by atoms with Crippen LogP contribution in [0.5, 0.6) is 11.5 Å². The summed E-state index contributed by atoms with van der Waals surface area (Å²) in [4.78, 5) is 0. The van der Waals surface area contributed by atoms with Crippen molar-refractivity contribution in [2.75, 3.05) is 13.7 Å². The molecule has 0 bridgehead atoms. The maximum absolute atomic E-state index is 13.6. The van der Waals surface area contributed by atoms with Crippen LogP contribution < -0.4 is 15.2 Å². The van der Waals surface area contributed by atoms with Gasteiger partial charge in [0.25, 0.3) is 0 Å². The summed E-state index contributed by atoms with van der Waals surface area (Å²) in [7, 11) is 1.59. The molecule has 1 unspecified atom stereocenters. The van der Waals surface area contributed by atoms with E-state index >= 15 is 0 Å². The summed E-state index contributed by atoms with van der Waals surface area (Å²) >= 11 is 9.01. The third-order valence-corrected chi connectivity index (χ3v) is 3.83. The molecule has 0 heterocycles. The molecule has 6 heteroatoms. The van der Waals surface area contributed by atoms with Crippen LogP contribution in [0.15, 0.2) is 40.9 Å². The first-order valence-electron chi connectivity index (χ1n) is 6.20. The molecule has 0 aromatic heterocycles. The number of hydrogen-bond acceptors (Lipinski definition) is 3. The second-order valence-electron chi connectivity index (χ2n) is 4.32. The molecule has 0 saturated heterocycles. The van der Waals surface area contributed by atoms with Crippen molar-refractivity contribution in [2.24, 2.45) is 5.73 Å². The van der Waals surface area contributed by atoms with Crippen molar-refractivity contribution < 1.29 is 13.9 Å². The van der Waals surface area contributed by atoms with Crippen molar-refractivity contribution in [3.8, 4) is 11.5 Å². The van der Waals surface area contributed by atoms with Gasteiger partial charge in [0, 0.05) is 12.6 Å². The molecule has 0 aliphatic rings. The Morgan fingerprint density at radius 3 is 2.76 bits per heavy atom. The number of ether oxygens (including phenoxy) is 2. The van der Waals surface area contributed by atoms with Gasteiger partial charge >= 0.3 is 0 Å². The molecule has 3 nitrogen and oxygen atoms in total. The summed E-state index contributed by atoms with van der Waals surface area (Å²) in [6, 6.07) is 10.1. The monoisotopic (exact) mass is 373 g/mol. The molecule has 1 atom stereocenters. The van der Waals surface area contributed by atoms with E-state index < -0.39 is 11.9 Å². The van der Waals surface area contributed by atoms with Crippen LogP contribution in [-0.2, 0) is 0 Å². The van der Waals surface area contributed by atoms with E-state index in [0.29, 0.717) is 16.0 Å². The normalized spacial score (nSPS) is 12.0. The first-order valence-corrected chi connectivity index (χ1v) is 7.37. The molecule has 2 rings (SSSR count). The standard InChI is InChI=1S/C15H14BrClFNO2/c1-20-10-4-2-3-9(5-10)15(8-19)21-14-7-13(18)12(17)6-11(14)16/h2-7,15H,8,19H2,1H3. The molecule has 0 aliphatic carbocycles. The summed E-state index contributed by atoms with van der Waals surface area (Å²) in [5.41, 5.74) is 6.61. The Kier molecular flexibility index (Phi) is 5.45. The number of methoxy groups -OCH3 is 1. The predicted molar refractivity (Wildman–Crippen MR) is 84.5 cm³/mol. The topological polar surface area (TPSA) is 44.5 Å². The van der Waals surface area contributed by atoms with E-state index in [1.54, 1.807) is 7.11 Å². The average molecular weight is 375 g/mol. The summed E-state index contributed by atoms with van der Waals surface area (Å²) in [6.45, 7) is 0.240. The number of hydrogen-bond donors (Lipinski definition) is 1. The quantitative estimate of drug-likeness (QED) is 0.792. The van der Waals surface area contributed by atoms with Gasteiger partial charge in [-0.1, -0.05) is 23.7 Å². The molecule has 0 fully saturated rings. The van der Waals surface area contributed by atoms with Crippen LogP contribution in [0, 0.1) is 5.82 Å². The van der Waals surface area contributed by atoms with Gasteiger partial charge in [-0.3, -0.25) is 0 Å². The molecule has 2 N–H and O–H groups in total. The van der Waals surface area contributed by atoms with E-state index in [0.717, 1.165) is 5.56 Å². The molecule has 21 heavy (non-hydrogen) atoms. The Morgan fingerprint density at radius 2 is 2.10 bits per heavy atom. The van der Waals surface area contributed by atoms with Gasteiger partial charge in [-0.15, -0.1) is 0 Å². The van der Waals surface area contributed by atoms with Gasteiger partial charge < -0.3 is 15.2 Å². The van der Waals surface area contributed by atoms with Gasteiger partial charge in [0.1, 0.15) is 23.4 Å². The van der Waals surface area contributed by atoms with Crippen LogP contribution in [0.1, 0.15) is 11.7 Å². The highest BCUT2D eigenvalue weighted by Gasteiger charge is 2.16. The SMILES string of the molecule is COc1cccc(C(CN)Oc2cc(F)c(Cl)cc2Br)c1. The fraction of sp³-hybridized carbons (Fsp3) is 0.200. The number of halogens is 3. The van der Waals surface area contributed by atoms with Crippen molar-refractivity contribution in [2.45, 2.75) is 6.10 Å². The Labute approximate surface area is 135 Å². The number of rotatable bonds is 5. The fourth-order valence-corrected chi connectivity index (χ4v) is 2.57. The Hall–Kier alpha value is -1.30. The second-order valence-corrected chi connectivity index (χ2v) is 5.58. The van der Waals surface area contributed by atoms with Crippen molar-refractivity contribution in [1.29, 1.82) is 0 Å². The van der Waals surface area contributed by atoms with Crippen molar-refractivity contribution in [3.05, 3.63) is 57.3 Å². The van der Waals surface area contributed by atoms with Crippen LogP contribution in [0.4, 0.5) is 4.39 Å². The minimum Gasteiger partial charge on any atom is -0.497 e. The van der Waals surface area contributed by atoms with Crippen LogP contribution >= 0.6 is 27.5 Å². The Morgan fingerprint density at radius 1 is 1.33 bits per heavy atom. The summed E-state index contributed by atoms with van der Waals surface area (Å²) in [6.07, 6.45) is -0.419. The summed E-state index contributed by atoms with van der Waals surface area (Å²) in [5, 5.41) is 0.0277. The first-order chi connectivity index (χ1) is 10.0. The highest BCUT2D eigenvalue weighted by Crippen LogP contribution is 2.33. The van der Waals surface area contributed by atoms with Gasteiger partial charge in [-0.05, 0) is 39.7 Å². The zero-order valence-electron chi connectivity index (χ0n) is 11.3. The fourth-order valence-electron chi connectivity index (χ4n) is 1.84. The zero-order valence-corrected chi connectivity index (χ0v) is 13.6. The second kappa shape index (κ2) is 7.11. The van der Waals surface area contributed by atoms with Crippen LogP contribution in [-0.4, -0.2) is 13.7 Å². The van der Waals surface area contributed by atoms with Gasteiger partial charge in [-0.25, -0.2) is 4.39 Å². The zero-order chi connectivity index (χ0) is 15.4. The predicted octanol–water partition coefficient (Wildman–Crippen LogP) is 4.33. The molecule has 0 saturated carbocycles. The van der Waals surface area contributed by atoms with Crippen molar-refractivity contribution in [3.63, 3.8) is 0 Å². The van der Waals surface area contributed by atoms with E-state index in [1.165, 1.54) is 12.1 Å². The summed E-state index contributed by atoms with van der Waals surface area (Å²) in [5.74, 6) is 0.502. The van der Waals surface area contributed by atoms with Crippen LogP contribution in [0.3, 0.4) is 0 Å². The number of nitrogens with two attached hydrogens (primary N) is 1. The Bertz CT molecular complexity index is 639. The molecule has 2 aromatic carbocycles.